The molecule has 1 fully saturated rings. The number of hydrogen-bond acceptors (Lipinski definition) is 6. The van der Waals surface area contributed by atoms with Crippen molar-refractivity contribution in [3.05, 3.63) is 64.7 Å². The molecule has 1 aliphatic heterocycles. The van der Waals surface area contributed by atoms with Crippen molar-refractivity contribution >= 4 is 46.2 Å². The monoisotopic (exact) mass is 420 g/mol. The molecule has 1 aliphatic carbocycles. The van der Waals surface area contributed by atoms with Crippen LogP contribution in [0.2, 0.25) is 0 Å². The molecule has 2 aromatic carbocycles. The third-order valence-corrected chi connectivity index (χ3v) is 5.43. The number of imide groups is 1. The smallest absolute Gasteiger partial charge is 0.294 e. The van der Waals surface area contributed by atoms with Crippen LogP contribution in [0.3, 0.4) is 0 Å². The van der Waals surface area contributed by atoms with Crippen LogP contribution >= 0.6 is 0 Å². The number of amides is 3. The standard InChI is InChI=1S/C22H20N4O5/c1-13(27)23-14-6-8-15(9-7-14)24-19-11-10-16(12-20(19)26(30)31)25-21(28)17-4-2-3-5-18(17)22(25)29/h2-3,6-12,17-18,24H,4-5H2,1H3,(H,23,27)/t17-,18-/m0/s1. The molecule has 0 saturated carbocycles. The molecule has 2 N–H and O–H groups in total. The summed E-state index contributed by atoms with van der Waals surface area (Å²) in [6.07, 6.45) is 4.79. The Morgan fingerprint density at radius 1 is 1.00 bits per heavy atom. The number of nitro groups is 1. The van der Waals surface area contributed by atoms with Crippen molar-refractivity contribution in [1.29, 1.82) is 0 Å². The van der Waals surface area contributed by atoms with Crippen molar-refractivity contribution in [2.75, 3.05) is 15.5 Å². The molecule has 1 heterocycles. The van der Waals surface area contributed by atoms with Gasteiger partial charge in [0, 0.05) is 24.4 Å². The third-order valence-electron chi connectivity index (χ3n) is 5.43. The first-order valence-corrected chi connectivity index (χ1v) is 9.81. The predicted molar refractivity (Wildman–Crippen MR) is 115 cm³/mol. The minimum Gasteiger partial charge on any atom is -0.350 e. The zero-order valence-corrected chi connectivity index (χ0v) is 16.7. The van der Waals surface area contributed by atoms with Crippen LogP contribution in [0, 0.1) is 22.0 Å². The second-order valence-electron chi connectivity index (χ2n) is 7.51. The van der Waals surface area contributed by atoms with Crippen LogP contribution in [0.25, 0.3) is 0 Å². The second kappa shape index (κ2) is 8.02. The Labute approximate surface area is 177 Å². The normalized spacial score (nSPS) is 19.8. The molecular formula is C22H20N4O5. The minimum atomic E-state index is -0.558. The molecule has 4 rings (SSSR count). The van der Waals surface area contributed by atoms with E-state index < -0.39 is 16.8 Å². The van der Waals surface area contributed by atoms with E-state index in [2.05, 4.69) is 10.6 Å². The van der Waals surface area contributed by atoms with Crippen molar-refractivity contribution in [1.82, 2.24) is 0 Å². The van der Waals surface area contributed by atoms with Gasteiger partial charge in [-0.3, -0.25) is 24.5 Å². The van der Waals surface area contributed by atoms with E-state index in [-0.39, 0.29) is 34.8 Å². The Balaban J connectivity index is 1.60. The van der Waals surface area contributed by atoms with Crippen LogP contribution in [0.5, 0.6) is 0 Å². The van der Waals surface area contributed by atoms with Crippen LogP contribution in [0.15, 0.2) is 54.6 Å². The summed E-state index contributed by atoms with van der Waals surface area (Å²) in [7, 11) is 0. The fraction of sp³-hybridized carbons (Fsp3) is 0.227. The van der Waals surface area contributed by atoms with Crippen molar-refractivity contribution in [2.24, 2.45) is 11.8 Å². The molecule has 2 aromatic rings. The summed E-state index contributed by atoms with van der Waals surface area (Å²) >= 11 is 0. The molecule has 2 aliphatic rings. The number of benzene rings is 2. The fourth-order valence-electron chi connectivity index (χ4n) is 3.97. The lowest BCUT2D eigenvalue weighted by molar-refractivity contribution is -0.383. The van der Waals surface area contributed by atoms with Gasteiger partial charge in [0.1, 0.15) is 5.69 Å². The summed E-state index contributed by atoms with van der Waals surface area (Å²) in [5, 5.41) is 17.3. The number of fused-ring (bicyclic) bond motifs is 1. The maximum absolute atomic E-state index is 12.8. The highest BCUT2D eigenvalue weighted by atomic mass is 16.6. The molecule has 0 bridgehead atoms. The molecular weight excluding hydrogens is 400 g/mol. The van der Waals surface area contributed by atoms with Gasteiger partial charge in [-0.1, -0.05) is 12.2 Å². The zero-order valence-electron chi connectivity index (χ0n) is 16.7. The lowest BCUT2D eigenvalue weighted by Gasteiger charge is -2.16. The van der Waals surface area contributed by atoms with Crippen molar-refractivity contribution in [2.45, 2.75) is 19.8 Å². The molecule has 0 radical (unpaired) electrons. The topological polar surface area (TPSA) is 122 Å². The van der Waals surface area contributed by atoms with Gasteiger partial charge >= 0.3 is 0 Å². The van der Waals surface area contributed by atoms with Gasteiger partial charge < -0.3 is 10.6 Å². The molecule has 31 heavy (non-hydrogen) atoms. The average molecular weight is 420 g/mol. The number of carbonyl (C=O) groups is 3. The predicted octanol–water partition coefficient (Wildman–Crippen LogP) is 3.75. The first-order chi connectivity index (χ1) is 14.8. The Kier molecular flexibility index (Phi) is 5.24. The summed E-state index contributed by atoms with van der Waals surface area (Å²) in [5.74, 6) is -1.65. The van der Waals surface area contributed by atoms with Gasteiger partial charge in [0.05, 0.1) is 22.4 Å². The number of nitrogens with one attached hydrogen (secondary N) is 2. The van der Waals surface area contributed by atoms with E-state index in [4.69, 9.17) is 0 Å². The maximum atomic E-state index is 12.8. The lowest BCUT2D eigenvalue weighted by atomic mass is 9.85. The van der Waals surface area contributed by atoms with Gasteiger partial charge in [-0.25, -0.2) is 4.90 Å². The van der Waals surface area contributed by atoms with Crippen molar-refractivity contribution in [3.8, 4) is 0 Å². The molecule has 0 unspecified atom stereocenters. The quantitative estimate of drug-likeness (QED) is 0.329. The number of hydrogen-bond donors (Lipinski definition) is 2. The summed E-state index contributed by atoms with van der Waals surface area (Å²) in [5.41, 5.74) is 1.35. The summed E-state index contributed by atoms with van der Waals surface area (Å²) in [4.78, 5) is 48.9. The van der Waals surface area contributed by atoms with E-state index >= 15 is 0 Å². The van der Waals surface area contributed by atoms with E-state index in [1.807, 2.05) is 12.2 Å². The molecule has 0 aromatic heterocycles. The van der Waals surface area contributed by atoms with Crippen molar-refractivity contribution < 1.29 is 19.3 Å². The van der Waals surface area contributed by atoms with Gasteiger partial charge in [-0.15, -0.1) is 0 Å². The van der Waals surface area contributed by atoms with E-state index in [0.29, 0.717) is 24.2 Å². The molecule has 3 amide bonds. The summed E-state index contributed by atoms with van der Waals surface area (Å²) in [6, 6.07) is 10.9. The number of allylic oxidation sites excluding steroid dienone is 2. The Morgan fingerprint density at radius 3 is 2.13 bits per heavy atom. The maximum Gasteiger partial charge on any atom is 0.294 e. The zero-order chi connectivity index (χ0) is 22.1. The second-order valence-corrected chi connectivity index (χ2v) is 7.51. The van der Waals surface area contributed by atoms with Gasteiger partial charge in [0.2, 0.25) is 17.7 Å². The van der Waals surface area contributed by atoms with Crippen molar-refractivity contribution in [3.63, 3.8) is 0 Å². The minimum absolute atomic E-state index is 0.197. The highest BCUT2D eigenvalue weighted by molar-refractivity contribution is 6.22. The fourth-order valence-corrected chi connectivity index (χ4v) is 3.97. The molecule has 0 spiro atoms. The Bertz CT molecular complexity index is 1080. The number of nitro benzene ring substituents is 1. The summed E-state index contributed by atoms with van der Waals surface area (Å²) in [6.45, 7) is 1.40. The average Bonchev–Trinajstić information content (AvgIpc) is 3.00. The molecule has 1 saturated heterocycles. The van der Waals surface area contributed by atoms with E-state index in [1.54, 1.807) is 24.3 Å². The van der Waals surface area contributed by atoms with Crippen LogP contribution in [0.1, 0.15) is 19.8 Å². The highest BCUT2D eigenvalue weighted by Crippen LogP contribution is 2.40. The molecule has 2 atom stereocenters. The number of anilines is 4. The van der Waals surface area contributed by atoms with Crippen LogP contribution in [-0.4, -0.2) is 22.6 Å². The number of nitrogens with zero attached hydrogens (tertiary/aromatic N) is 2. The van der Waals surface area contributed by atoms with Crippen LogP contribution in [0.4, 0.5) is 28.4 Å². The van der Waals surface area contributed by atoms with Gasteiger partial charge in [0.25, 0.3) is 5.69 Å². The first kappa shape index (κ1) is 20.3. The van der Waals surface area contributed by atoms with Crippen LogP contribution in [-0.2, 0) is 14.4 Å². The Morgan fingerprint density at radius 2 is 1.58 bits per heavy atom. The molecule has 158 valence electrons. The van der Waals surface area contributed by atoms with E-state index in [1.165, 1.54) is 25.1 Å². The molecule has 9 nitrogen and oxygen atoms in total. The third kappa shape index (κ3) is 3.89. The lowest BCUT2D eigenvalue weighted by Crippen LogP contribution is -2.30. The SMILES string of the molecule is CC(=O)Nc1ccc(Nc2ccc(N3C(=O)[C@H]4CC=CC[C@@H]4C3=O)cc2[N+](=O)[O-])cc1. The Hall–Kier alpha value is -4.01. The largest absolute Gasteiger partial charge is 0.350 e. The first-order valence-electron chi connectivity index (χ1n) is 9.81. The van der Waals surface area contributed by atoms with E-state index in [9.17, 15) is 24.5 Å². The van der Waals surface area contributed by atoms with Gasteiger partial charge in [0.15, 0.2) is 0 Å². The number of rotatable bonds is 5. The van der Waals surface area contributed by atoms with E-state index in [0.717, 1.165) is 4.90 Å². The number of carbonyl (C=O) groups excluding carboxylic acids is 3. The van der Waals surface area contributed by atoms with Gasteiger partial charge in [-0.2, -0.15) is 0 Å². The molecule has 9 heteroatoms. The highest BCUT2D eigenvalue weighted by Gasteiger charge is 2.48. The van der Waals surface area contributed by atoms with Gasteiger partial charge in [-0.05, 0) is 49.2 Å². The van der Waals surface area contributed by atoms with Crippen LogP contribution < -0.4 is 15.5 Å². The summed E-state index contributed by atoms with van der Waals surface area (Å²) < 4.78 is 0.